The number of carbonyl (C=O) groups excluding carboxylic acids is 2. The highest BCUT2D eigenvalue weighted by Crippen LogP contribution is 2.32. The van der Waals surface area contributed by atoms with Crippen LogP contribution in [-0.2, 0) is 16.0 Å². The molecule has 0 bridgehead atoms. The zero-order valence-corrected chi connectivity index (χ0v) is 17.1. The van der Waals surface area contributed by atoms with Crippen LogP contribution in [0.2, 0.25) is 0 Å². The molecule has 152 valence electrons. The topological polar surface area (TPSA) is 94.2 Å². The largest absolute Gasteiger partial charge is 0.493 e. The Balaban J connectivity index is 1.81. The molecule has 0 saturated carbocycles. The molecule has 1 aliphatic heterocycles. The van der Waals surface area contributed by atoms with E-state index in [-0.39, 0.29) is 12.3 Å². The maximum atomic E-state index is 12.9. The fourth-order valence-electron chi connectivity index (χ4n) is 3.00. The number of thioether (sulfide) groups is 1. The molecule has 1 heterocycles. The Bertz CT molecular complexity index is 917. The van der Waals surface area contributed by atoms with Gasteiger partial charge in [0.25, 0.3) is 0 Å². The molecule has 29 heavy (non-hydrogen) atoms. The van der Waals surface area contributed by atoms with Crippen LogP contribution in [0.3, 0.4) is 0 Å². The molecule has 0 aromatic heterocycles. The zero-order chi connectivity index (χ0) is 20.8. The molecule has 1 saturated heterocycles. The minimum atomic E-state index is -0.541. The van der Waals surface area contributed by atoms with Crippen molar-refractivity contribution < 1.29 is 19.1 Å². The summed E-state index contributed by atoms with van der Waals surface area (Å²) in [5, 5.41) is 0.0355. The van der Waals surface area contributed by atoms with Gasteiger partial charge in [0.1, 0.15) is 5.25 Å². The number of aliphatic imine (C=N–C) groups is 1. The highest BCUT2D eigenvalue weighted by Gasteiger charge is 2.38. The average molecular weight is 413 g/mol. The average Bonchev–Trinajstić information content (AvgIpc) is 3.00. The first-order chi connectivity index (χ1) is 14.0. The van der Waals surface area contributed by atoms with Gasteiger partial charge < -0.3 is 15.2 Å². The number of ether oxygens (including phenoxy) is 2. The van der Waals surface area contributed by atoms with Gasteiger partial charge in [0.15, 0.2) is 16.7 Å². The van der Waals surface area contributed by atoms with Crippen molar-refractivity contribution in [2.24, 2.45) is 10.7 Å². The van der Waals surface area contributed by atoms with Crippen LogP contribution in [0.5, 0.6) is 11.5 Å². The fourth-order valence-corrected chi connectivity index (χ4v) is 4.20. The van der Waals surface area contributed by atoms with E-state index in [9.17, 15) is 9.59 Å². The Morgan fingerprint density at radius 3 is 2.52 bits per heavy atom. The molecule has 1 unspecified atom stereocenters. The Morgan fingerprint density at radius 2 is 1.86 bits per heavy atom. The molecule has 1 fully saturated rings. The number of rotatable bonds is 8. The summed E-state index contributed by atoms with van der Waals surface area (Å²) >= 11 is 1.28. The number of hydrogen-bond acceptors (Lipinski definition) is 6. The van der Waals surface area contributed by atoms with E-state index in [1.165, 1.54) is 11.8 Å². The van der Waals surface area contributed by atoms with Crippen molar-refractivity contribution in [3.63, 3.8) is 0 Å². The van der Waals surface area contributed by atoms with Gasteiger partial charge in [-0.3, -0.25) is 14.5 Å². The third-order valence-electron chi connectivity index (χ3n) is 4.46. The van der Waals surface area contributed by atoms with Crippen molar-refractivity contribution in [3.8, 4) is 11.5 Å². The van der Waals surface area contributed by atoms with E-state index in [0.29, 0.717) is 29.6 Å². The Morgan fingerprint density at radius 1 is 1.14 bits per heavy atom. The monoisotopic (exact) mass is 413 g/mol. The smallest absolute Gasteiger partial charge is 0.242 e. The first-order valence-corrected chi connectivity index (χ1v) is 10.0. The van der Waals surface area contributed by atoms with Crippen LogP contribution >= 0.6 is 11.8 Å². The van der Waals surface area contributed by atoms with Crippen molar-refractivity contribution in [2.75, 3.05) is 20.8 Å². The van der Waals surface area contributed by atoms with Gasteiger partial charge in [0.2, 0.25) is 11.8 Å². The third kappa shape index (κ3) is 5.08. The van der Waals surface area contributed by atoms with Crippen molar-refractivity contribution in [1.82, 2.24) is 4.90 Å². The quantitative estimate of drug-likeness (QED) is 0.718. The van der Waals surface area contributed by atoms with Gasteiger partial charge in [-0.1, -0.05) is 36.0 Å². The standard InChI is InChI=1S/C21H23N3O4S/c1-27-16-9-8-14(12-17(16)28-2)10-11-24-20(26)18(13-19(22)25)29-21(24)23-15-6-4-3-5-7-15/h3-9,12,18H,10-11,13H2,1-2H3,(H2,22,25). The lowest BCUT2D eigenvalue weighted by atomic mass is 10.1. The molecule has 7 nitrogen and oxygen atoms in total. The molecule has 8 heteroatoms. The number of hydrogen-bond donors (Lipinski definition) is 1. The van der Waals surface area contributed by atoms with Crippen LogP contribution in [0, 0.1) is 0 Å². The maximum absolute atomic E-state index is 12.9. The summed E-state index contributed by atoms with van der Waals surface area (Å²) in [6.45, 7) is 0.433. The lowest BCUT2D eigenvalue weighted by molar-refractivity contribution is -0.128. The molecule has 3 rings (SSSR count). The number of nitrogens with two attached hydrogens (primary N) is 1. The molecule has 0 aliphatic carbocycles. The lowest BCUT2D eigenvalue weighted by Gasteiger charge is -2.17. The first kappa shape index (κ1) is 20.7. The second-order valence-electron chi connectivity index (χ2n) is 6.44. The summed E-state index contributed by atoms with van der Waals surface area (Å²) in [5.41, 5.74) is 7.06. The third-order valence-corrected chi connectivity index (χ3v) is 5.63. The number of amidine groups is 1. The van der Waals surface area contributed by atoms with E-state index in [4.69, 9.17) is 15.2 Å². The highest BCUT2D eigenvalue weighted by atomic mass is 32.2. The summed E-state index contributed by atoms with van der Waals surface area (Å²) in [4.78, 5) is 30.4. The summed E-state index contributed by atoms with van der Waals surface area (Å²) in [5.74, 6) is 0.634. The Hall–Kier alpha value is -3.00. The van der Waals surface area contributed by atoms with Crippen LogP contribution in [0.15, 0.2) is 53.5 Å². The summed E-state index contributed by atoms with van der Waals surface area (Å²) in [7, 11) is 3.17. The number of nitrogens with zero attached hydrogens (tertiary/aromatic N) is 2. The van der Waals surface area contributed by atoms with Gasteiger partial charge in [-0.05, 0) is 36.2 Å². The summed E-state index contributed by atoms with van der Waals surface area (Å²) in [6.07, 6.45) is 0.591. The SMILES string of the molecule is COc1ccc(CCN2C(=O)C(CC(N)=O)SC2=Nc2ccccc2)cc1OC. The maximum Gasteiger partial charge on any atom is 0.242 e. The molecule has 2 N–H and O–H groups in total. The molecule has 2 aromatic carbocycles. The van der Waals surface area contributed by atoms with Crippen LogP contribution < -0.4 is 15.2 Å². The molecular formula is C21H23N3O4S. The molecular weight excluding hydrogens is 390 g/mol. The zero-order valence-electron chi connectivity index (χ0n) is 16.3. The molecule has 1 aliphatic rings. The minimum absolute atomic E-state index is 0.00975. The van der Waals surface area contributed by atoms with Gasteiger partial charge in [-0.15, -0.1) is 0 Å². The first-order valence-electron chi connectivity index (χ1n) is 9.12. The molecule has 0 radical (unpaired) electrons. The van der Waals surface area contributed by atoms with Gasteiger partial charge >= 0.3 is 0 Å². The number of carbonyl (C=O) groups is 2. The molecule has 0 spiro atoms. The van der Waals surface area contributed by atoms with Crippen LogP contribution in [0.1, 0.15) is 12.0 Å². The van der Waals surface area contributed by atoms with Gasteiger partial charge in [0, 0.05) is 13.0 Å². The number of benzene rings is 2. The van der Waals surface area contributed by atoms with E-state index in [1.807, 2.05) is 48.5 Å². The van der Waals surface area contributed by atoms with E-state index >= 15 is 0 Å². The van der Waals surface area contributed by atoms with Gasteiger partial charge in [0.05, 0.1) is 19.9 Å². The number of para-hydroxylation sites is 1. The fraction of sp³-hybridized carbons (Fsp3) is 0.286. The van der Waals surface area contributed by atoms with Crippen LogP contribution in [-0.4, -0.2) is 47.9 Å². The number of amides is 2. The Kier molecular flexibility index (Phi) is 6.77. The summed E-state index contributed by atoms with van der Waals surface area (Å²) in [6, 6.07) is 15.1. The predicted molar refractivity (Wildman–Crippen MR) is 114 cm³/mol. The molecule has 2 amide bonds. The van der Waals surface area contributed by atoms with Crippen molar-refractivity contribution >= 4 is 34.4 Å². The van der Waals surface area contributed by atoms with Crippen LogP contribution in [0.25, 0.3) is 0 Å². The molecule has 1 atom stereocenters. The minimum Gasteiger partial charge on any atom is -0.493 e. The highest BCUT2D eigenvalue weighted by molar-refractivity contribution is 8.15. The van der Waals surface area contributed by atoms with Gasteiger partial charge in [-0.2, -0.15) is 0 Å². The predicted octanol–water partition coefficient (Wildman–Crippen LogP) is 2.75. The van der Waals surface area contributed by atoms with Crippen molar-refractivity contribution in [2.45, 2.75) is 18.1 Å². The summed E-state index contributed by atoms with van der Waals surface area (Å²) < 4.78 is 10.6. The second-order valence-corrected chi connectivity index (χ2v) is 7.61. The lowest BCUT2D eigenvalue weighted by Crippen LogP contribution is -2.35. The number of primary amides is 1. The van der Waals surface area contributed by atoms with Crippen molar-refractivity contribution in [3.05, 3.63) is 54.1 Å². The second kappa shape index (κ2) is 9.47. The van der Waals surface area contributed by atoms with Gasteiger partial charge in [-0.25, -0.2) is 4.99 Å². The van der Waals surface area contributed by atoms with Crippen molar-refractivity contribution in [1.29, 1.82) is 0 Å². The van der Waals surface area contributed by atoms with Crippen LogP contribution in [0.4, 0.5) is 5.69 Å². The molecule has 2 aromatic rings. The number of methoxy groups -OCH3 is 2. The normalized spacial score (nSPS) is 17.6. The Labute approximate surface area is 173 Å². The van der Waals surface area contributed by atoms with E-state index in [1.54, 1.807) is 19.1 Å². The van der Waals surface area contributed by atoms with E-state index in [0.717, 1.165) is 11.3 Å². The van der Waals surface area contributed by atoms with E-state index in [2.05, 4.69) is 4.99 Å². The van der Waals surface area contributed by atoms with E-state index < -0.39 is 11.2 Å².